The van der Waals surface area contributed by atoms with Gasteiger partial charge in [-0.25, -0.2) is 0 Å². The lowest BCUT2D eigenvalue weighted by atomic mass is 9.77. The summed E-state index contributed by atoms with van der Waals surface area (Å²) in [6.07, 6.45) is 1.65. The van der Waals surface area contributed by atoms with Crippen molar-refractivity contribution in [2.45, 2.75) is 106 Å². The first-order valence-corrected chi connectivity index (χ1v) is 11.7. The lowest BCUT2D eigenvalue weighted by molar-refractivity contribution is -0.353. The maximum Gasteiger partial charge on any atom is 0.313 e. The largest absolute Gasteiger partial charge is 0.431 e. The molecule has 2 heterocycles. The number of carbonyl (C=O) groups excluding carboxylic acids is 1. The molecule has 0 radical (unpaired) electrons. The summed E-state index contributed by atoms with van der Waals surface area (Å²) in [5, 5.41) is 0. The van der Waals surface area contributed by atoms with E-state index in [-0.39, 0.29) is 53.9 Å². The van der Waals surface area contributed by atoms with Crippen LogP contribution in [0.25, 0.3) is 0 Å². The second-order valence-corrected chi connectivity index (χ2v) is 10.6. The second-order valence-electron chi connectivity index (χ2n) is 10.6. The SMILES string of the molecule is C/C=C(\OC(=O)C(C)C)[C@@H](C)[C@H]1OC(C)(C)O[C@H]([C@H](C)[C@H]2OC(C)(C)OC[C@@H]2C)[C@H]1C. The van der Waals surface area contributed by atoms with Crippen molar-refractivity contribution >= 4 is 5.97 Å². The van der Waals surface area contributed by atoms with E-state index in [0.29, 0.717) is 12.4 Å². The quantitative estimate of drug-likeness (QED) is 0.412. The average molecular weight is 441 g/mol. The number of esters is 1. The van der Waals surface area contributed by atoms with E-state index < -0.39 is 11.6 Å². The first-order chi connectivity index (χ1) is 14.2. The highest BCUT2D eigenvalue weighted by molar-refractivity contribution is 5.72. The number of carbonyl (C=O) groups is 1. The van der Waals surface area contributed by atoms with E-state index in [1.54, 1.807) is 0 Å². The van der Waals surface area contributed by atoms with Crippen LogP contribution >= 0.6 is 0 Å². The molecule has 0 aromatic carbocycles. The summed E-state index contributed by atoms with van der Waals surface area (Å²) in [6.45, 7) is 22.6. The number of hydrogen-bond acceptors (Lipinski definition) is 6. The predicted octanol–water partition coefficient (Wildman–Crippen LogP) is 5.31. The van der Waals surface area contributed by atoms with Crippen LogP contribution in [0.5, 0.6) is 0 Å². The number of hydrogen-bond donors (Lipinski definition) is 0. The minimum atomic E-state index is -0.755. The van der Waals surface area contributed by atoms with Crippen molar-refractivity contribution in [2.24, 2.45) is 29.6 Å². The van der Waals surface area contributed by atoms with Gasteiger partial charge >= 0.3 is 5.97 Å². The minimum Gasteiger partial charge on any atom is -0.431 e. The fourth-order valence-corrected chi connectivity index (χ4v) is 4.76. The second kappa shape index (κ2) is 9.90. The van der Waals surface area contributed by atoms with Crippen LogP contribution in [0.4, 0.5) is 0 Å². The van der Waals surface area contributed by atoms with E-state index in [0.717, 1.165) is 0 Å². The van der Waals surface area contributed by atoms with Gasteiger partial charge in [0.15, 0.2) is 11.6 Å². The van der Waals surface area contributed by atoms with Crippen molar-refractivity contribution < 1.29 is 28.5 Å². The monoisotopic (exact) mass is 440 g/mol. The molecule has 2 fully saturated rings. The number of ether oxygens (including phenoxy) is 5. The molecule has 7 atom stereocenters. The highest BCUT2D eigenvalue weighted by Crippen LogP contribution is 2.42. The minimum absolute atomic E-state index is 0.0148. The molecule has 0 saturated carbocycles. The average Bonchev–Trinajstić information content (AvgIpc) is 2.68. The lowest BCUT2D eigenvalue weighted by Gasteiger charge is -2.51. The molecule has 180 valence electrons. The summed E-state index contributed by atoms with van der Waals surface area (Å²) in [4.78, 5) is 12.2. The number of allylic oxidation sites excluding steroid dienone is 1. The Morgan fingerprint density at radius 1 is 0.935 bits per heavy atom. The van der Waals surface area contributed by atoms with Crippen LogP contribution in [0.3, 0.4) is 0 Å². The summed E-state index contributed by atoms with van der Waals surface area (Å²) in [5.74, 6) is -0.739. The van der Waals surface area contributed by atoms with E-state index in [1.807, 2.05) is 54.5 Å². The number of rotatable bonds is 6. The van der Waals surface area contributed by atoms with E-state index in [4.69, 9.17) is 23.7 Å². The third kappa shape index (κ3) is 6.31. The molecular weight excluding hydrogens is 396 g/mol. The van der Waals surface area contributed by atoms with Gasteiger partial charge < -0.3 is 23.7 Å². The molecule has 0 aromatic heterocycles. The summed E-state index contributed by atoms with van der Waals surface area (Å²) in [7, 11) is 0. The Labute approximate surface area is 189 Å². The highest BCUT2D eigenvalue weighted by Gasteiger charge is 2.49. The zero-order chi connectivity index (χ0) is 23.7. The molecular formula is C25H44O6. The lowest BCUT2D eigenvalue weighted by Crippen LogP contribution is -2.58. The Kier molecular flexibility index (Phi) is 8.40. The van der Waals surface area contributed by atoms with Gasteiger partial charge in [0.2, 0.25) is 0 Å². The van der Waals surface area contributed by atoms with Gasteiger partial charge in [-0.3, -0.25) is 4.79 Å². The van der Waals surface area contributed by atoms with Crippen LogP contribution in [0.1, 0.15) is 76.2 Å². The molecule has 0 aliphatic carbocycles. The molecule has 0 bridgehead atoms. The normalized spacial score (nSPS) is 35.5. The molecule has 2 aliphatic heterocycles. The van der Waals surface area contributed by atoms with Gasteiger partial charge in [-0.1, -0.05) is 41.5 Å². The molecule has 0 spiro atoms. The van der Waals surface area contributed by atoms with Crippen LogP contribution < -0.4 is 0 Å². The van der Waals surface area contributed by atoms with Crippen molar-refractivity contribution in [1.82, 2.24) is 0 Å². The third-order valence-corrected chi connectivity index (χ3v) is 6.50. The zero-order valence-corrected chi connectivity index (χ0v) is 21.4. The first-order valence-electron chi connectivity index (χ1n) is 11.7. The summed E-state index contributed by atoms with van der Waals surface area (Å²) in [6, 6.07) is 0. The molecule has 0 unspecified atom stereocenters. The van der Waals surface area contributed by atoms with Crippen molar-refractivity contribution in [3.05, 3.63) is 11.8 Å². The fraction of sp³-hybridized carbons (Fsp3) is 0.880. The van der Waals surface area contributed by atoms with E-state index in [1.165, 1.54) is 0 Å². The van der Waals surface area contributed by atoms with Gasteiger partial charge in [-0.15, -0.1) is 0 Å². The molecule has 6 heteroatoms. The van der Waals surface area contributed by atoms with Crippen molar-refractivity contribution in [1.29, 1.82) is 0 Å². The van der Waals surface area contributed by atoms with Gasteiger partial charge in [-0.2, -0.15) is 0 Å². The Bertz CT molecular complexity index is 652. The molecule has 0 N–H and O–H groups in total. The van der Waals surface area contributed by atoms with Crippen molar-refractivity contribution in [3.63, 3.8) is 0 Å². The predicted molar refractivity (Wildman–Crippen MR) is 120 cm³/mol. The standard InChI is InChI=1S/C25H44O6/c1-12-19(28-23(26)14(2)3)16(5)21-18(7)22(31-25(10,11)30-21)17(6)20-15(4)13-27-24(8,9)29-20/h12,14-18,20-22H,13H2,1-11H3/b19-12-/t15-,16+,17+,18-,20-,21+,22+/m0/s1. The molecule has 0 aromatic rings. The smallest absolute Gasteiger partial charge is 0.313 e. The Balaban J connectivity index is 2.26. The van der Waals surface area contributed by atoms with Gasteiger partial charge in [0.25, 0.3) is 0 Å². The highest BCUT2D eigenvalue weighted by atomic mass is 16.7. The van der Waals surface area contributed by atoms with Gasteiger partial charge in [0.05, 0.1) is 30.8 Å². The van der Waals surface area contributed by atoms with E-state index in [2.05, 4.69) is 27.7 Å². The topological polar surface area (TPSA) is 63.2 Å². The van der Waals surface area contributed by atoms with Crippen LogP contribution in [0.15, 0.2) is 11.8 Å². The van der Waals surface area contributed by atoms with Crippen LogP contribution in [-0.2, 0) is 28.5 Å². The Morgan fingerprint density at radius 2 is 1.48 bits per heavy atom. The summed E-state index contributed by atoms with van der Waals surface area (Å²) in [5.41, 5.74) is 0. The molecule has 6 nitrogen and oxygen atoms in total. The molecule has 31 heavy (non-hydrogen) atoms. The van der Waals surface area contributed by atoms with E-state index in [9.17, 15) is 4.79 Å². The zero-order valence-electron chi connectivity index (χ0n) is 21.4. The van der Waals surface area contributed by atoms with Gasteiger partial charge in [0, 0.05) is 23.7 Å². The summed E-state index contributed by atoms with van der Waals surface area (Å²) < 4.78 is 30.7. The molecule has 0 amide bonds. The van der Waals surface area contributed by atoms with Crippen molar-refractivity contribution in [2.75, 3.05) is 6.61 Å². The maximum absolute atomic E-state index is 12.2. The van der Waals surface area contributed by atoms with Crippen LogP contribution in [0.2, 0.25) is 0 Å². The molecule has 2 rings (SSSR count). The fourth-order valence-electron chi connectivity index (χ4n) is 4.76. The molecule has 2 aliphatic rings. The van der Waals surface area contributed by atoms with Crippen LogP contribution in [0, 0.1) is 29.6 Å². The summed E-state index contributed by atoms with van der Waals surface area (Å²) >= 11 is 0. The Morgan fingerprint density at radius 3 is 2.03 bits per heavy atom. The van der Waals surface area contributed by atoms with E-state index >= 15 is 0 Å². The third-order valence-electron chi connectivity index (χ3n) is 6.50. The van der Waals surface area contributed by atoms with Gasteiger partial charge in [-0.05, 0) is 40.7 Å². The first kappa shape index (κ1) is 26.3. The molecule has 2 saturated heterocycles. The van der Waals surface area contributed by atoms with Gasteiger partial charge in [0.1, 0.15) is 5.76 Å². The maximum atomic E-state index is 12.2. The van der Waals surface area contributed by atoms with Crippen LogP contribution in [-0.4, -0.2) is 42.5 Å². The Hall–Kier alpha value is -0.950. The van der Waals surface area contributed by atoms with Crippen molar-refractivity contribution in [3.8, 4) is 0 Å².